The zero-order chi connectivity index (χ0) is 76.8. The summed E-state index contributed by atoms with van der Waals surface area (Å²) in [6.07, 6.45) is 0. The minimum Gasteiger partial charge on any atom is -0.310 e. The molecule has 15 rings (SSSR count). The second-order valence-electron chi connectivity index (χ2n) is 25.9. The summed E-state index contributed by atoms with van der Waals surface area (Å²) >= 11 is 0. The van der Waals surface area contributed by atoms with E-state index in [0.29, 0.717) is 56.0 Å². The zero-order valence-corrected chi connectivity index (χ0v) is 50.4. The molecule has 3 nitrogen and oxygen atoms in total. The van der Waals surface area contributed by atoms with Crippen LogP contribution >= 0.6 is 0 Å². The van der Waals surface area contributed by atoms with Gasteiger partial charge in [-0.2, -0.15) is 0 Å². The molecule has 0 bridgehead atoms. The first-order valence-corrected chi connectivity index (χ1v) is 29.7. The summed E-state index contributed by atoms with van der Waals surface area (Å²) in [5.41, 5.74) is 5.58. The van der Waals surface area contributed by atoms with E-state index in [2.05, 4.69) is 65.8 Å². The first-order chi connectivity index (χ1) is 50.5. The Morgan fingerprint density at radius 2 is 0.693 bits per heavy atom. The van der Waals surface area contributed by atoms with E-state index in [0.717, 1.165) is 37.9 Å². The highest BCUT2D eigenvalue weighted by atomic mass is 15.2. The van der Waals surface area contributed by atoms with Gasteiger partial charge < -0.3 is 14.4 Å². The van der Waals surface area contributed by atoms with E-state index in [1.165, 1.54) is 0 Å². The van der Waals surface area contributed by atoms with Crippen molar-refractivity contribution >= 4 is 79.0 Å². The maximum absolute atomic E-state index is 11.5. The first-order valence-electron chi connectivity index (χ1n) is 39.2. The highest BCUT2D eigenvalue weighted by molar-refractivity contribution is 7.00. The molecule has 3 heterocycles. The Morgan fingerprint density at radius 3 is 1.10 bits per heavy atom. The van der Waals surface area contributed by atoms with Crippen molar-refractivity contribution in [1.82, 2.24) is 4.57 Å². The fraction of sp³-hybridized carbons (Fsp3) is 0.143. The molecule has 2 aliphatic heterocycles. The fourth-order valence-electron chi connectivity index (χ4n) is 12.7. The van der Waals surface area contributed by atoms with Crippen LogP contribution in [0.25, 0.3) is 83.1 Å². The smallest absolute Gasteiger partial charge is 0.252 e. The summed E-state index contributed by atoms with van der Waals surface area (Å²) in [6.45, 7) is 17.3. The lowest BCUT2D eigenvalue weighted by Gasteiger charge is -2.47. The summed E-state index contributed by atoms with van der Waals surface area (Å²) in [5.74, 6) is 0. The number of aromatic nitrogens is 1. The number of fused-ring (bicyclic) bond motifs is 7. The van der Waals surface area contributed by atoms with Gasteiger partial charge in [0.05, 0.1) is 48.5 Å². The van der Waals surface area contributed by atoms with Crippen molar-refractivity contribution in [3.05, 3.63) is 289 Å². The van der Waals surface area contributed by atoms with Crippen LogP contribution in [0.2, 0.25) is 0 Å². The highest BCUT2D eigenvalue weighted by Gasteiger charge is 2.46. The number of nitrogens with zero attached hydrogens (tertiary/aromatic N) is 3. The first kappa shape index (κ1) is 37.6. The fourth-order valence-corrected chi connectivity index (χ4v) is 12.7. The van der Waals surface area contributed by atoms with Crippen molar-refractivity contribution in [2.24, 2.45) is 0 Å². The Morgan fingerprint density at radius 1 is 0.330 bits per heavy atom. The third-order valence-corrected chi connectivity index (χ3v) is 17.2. The molecule has 0 radical (unpaired) electrons. The van der Waals surface area contributed by atoms with Crippen LogP contribution in [0, 0.1) is 0 Å². The molecule has 12 aromatic carbocycles. The Kier molecular flexibility index (Phi) is 8.94. The van der Waals surface area contributed by atoms with E-state index in [4.69, 9.17) is 6.85 Å². The van der Waals surface area contributed by atoms with Crippen LogP contribution in [0.1, 0.15) is 105 Å². The maximum Gasteiger partial charge on any atom is 0.252 e. The van der Waals surface area contributed by atoms with Crippen LogP contribution in [0.5, 0.6) is 0 Å². The topological polar surface area (TPSA) is 11.4 Å². The van der Waals surface area contributed by atoms with Gasteiger partial charge in [0.2, 0.25) is 0 Å². The van der Waals surface area contributed by atoms with Crippen LogP contribution in [0.15, 0.2) is 273 Å². The van der Waals surface area contributed by atoms with Gasteiger partial charge in [-0.25, -0.2) is 0 Å². The van der Waals surface area contributed by atoms with Gasteiger partial charge in [-0.3, -0.25) is 0 Å². The molecule has 0 N–H and O–H groups in total. The Labute approximate surface area is 546 Å². The predicted octanol–water partition coefficient (Wildman–Crippen LogP) is 21.1. The molecule has 13 aromatic rings. The van der Waals surface area contributed by atoms with E-state index < -0.39 is 166 Å². The normalized spacial score (nSPS) is 16.0. The molecule has 0 aliphatic carbocycles. The summed E-state index contributed by atoms with van der Waals surface area (Å²) in [5, 5.41) is -0.640. The van der Waals surface area contributed by atoms with Crippen molar-refractivity contribution in [2.45, 2.75) is 78.6 Å². The number of rotatable bonds is 8. The van der Waals surface area contributed by atoms with Gasteiger partial charge in [-0.1, -0.05) is 268 Å². The highest BCUT2D eigenvalue weighted by Crippen LogP contribution is 2.55. The maximum atomic E-state index is 11.5. The SMILES string of the molecule is [2H]c1c([2H])c([2H])c(-c2c([2H])c([2H])c3c(c2[2H])N(c2c(-c4ccccc4)cc(C(C)(C)C)cc2-c2ccccc2)c2cc(C(C)(C)C)cc4c2B3c2c([2H])c([2H])c(-n3c5c([2H])c([2H])c([2H])c([2H])c5c5c([2H])c([2H])c([2H])c([2H])c53)c([2H])c2N4c2c(-c3ccccc3)cc(C(C)(C)C)cc2-c2ccccc2)c([2H])c1[2H]. The van der Waals surface area contributed by atoms with Gasteiger partial charge >= 0.3 is 0 Å². The van der Waals surface area contributed by atoms with Gasteiger partial charge in [0.1, 0.15) is 0 Å². The number of benzene rings is 12. The minimum absolute atomic E-state index is 0.0815. The van der Waals surface area contributed by atoms with Crippen molar-refractivity contribution in [3.63, 3.8) is 0 Å². The van der Waals surface area contributed by atoms with Crippen LogP contribution < -0.4 is 26.2 Å². The standard InChI is InChI=1S/C84H72BN3/c1-82(2,3)61-48-67(56-31-17-11-18-32-56)80(68(49-61)57-33-19-12-20-34-57)87-75-47-60(55-29-15-10-16-30-55)43-45-71(75)85-72-46-44-64(86-73-41-27-25-39-65(73)66-40-26-28-42-74(66)86)54-76(72)88(78-53-63(84(7,8)9)52-77(87)79(78)85)81-69(58-35-21-13-22-36-58)50-62(83(4,5)6)51-70(81)59-37-23-14-24-38-59/h10-54H,1-9H3/i10D,15D,16D,25D,26D,27D,28D,29D,30D,39D,40D,41D,42D,43D,44D,45D,46D,47D,54D. The zero-order valence-electron chi connectivity index (χ0n) is 69.4. The van der Waals surface area contributed by atoms with Crippen molar-refractivity contribution in [1.29, 1.82) is 0 Å². The molecule has 0 atom stereocenters. The van der Waals surface area contributed by atoms with Crippen molar-refractivity contribution in [2.75, 3.05) is 9.80 Å². The molecule has 0 saturated carbocycles. The summed E-state index contributed by atoms with van der Waals surface area (Å²) in [7, 11) is 0. The lowest BCUT2D eigenvalue weighted by atomic mass is 9.33. The monoisotopic (exact) mass is 1150 g/mol. The quantitative estimate of drug-likeness (QED) is 0.141. The van der Waals surface area contributed by atoms with Gasteiger partial charge in [-0.15, -0.1) is 0 Å². The number of hydrogen-bond acceptors (Lipinski definition) is 2. The molecule has 1 aromatic heterocycles. The van der Waals surface area contributed by atoms with E-state index in [9.17, 15) is 19.2 Å². The van der Waals surface area contributed by atoms with E-state index in [-0.39, 0.29) is 33.1 Å². The number of para-hydroxylation sites is 2. The van der Waals surface area contributed by atoms with E-state index >= 15 is 0 Å². The lowest BCUT2D eigenvalue weighted by molar-refractivity contribution is 0.590. The predicted molar refractivity (Wildman–Crippen MR) is 378 cm³/mol. The third kappa shape index (κ3) is 9.19. The Hall–Kier alpha value is -9.90. The average Bonchev–Trinajstić information content (AvgIpc) is 1.41. The molecule has 0 saturated heterocycles. The average molecular weight is 1150 g/mol. The van der Waals surface area contributed by atoms with E-state index in [1.807, 2.05) is 164 Å². The molecule has 0 fully saturated rings. The molecule has 2 aliphatic rings. The van der Waals surface area contributed by atoms with Crippen LogP contribution in [-0.2, 0) is 16.2 Å². The largest absolute Gasteiger partial charge is 0.310 e. The summed E-state index contributed by atoms with van der Waals surface area (Å²) < 4.78 is 188. The van der Waals surface area contributed by atoms with E-state index in [1.54, 1.807) is 0 Å². The lowest BCUT2D eigenvalue weighted by Crippen LogP contribution is -2.61. The molecule has 88 heavy (non-hydrogen) atoms. The summed E-state index contributed by atoms with van der Waals surface area (Å²) in [6, 6.07) is 38.3. The Bertz CT molecular complexity index is 5780. The second kappa shape index (κ2) is 20.9. The van der Waals surface area contributed by atoms with Crippen LogP contribution in [0.3, 0.4) is 0 Å². The third-order valence-electron chi connectivity index (χ3n) is 17.2. The van der Waals surface area contributed by atoms with Gasteiger partial charge in [0.25, 0.3) is 6.71 Å². The number of anilines is 6. The number of hydrogen-bond donors (Lipinski definition) is 0. The summed E-state index contributed by atoms with van der Waals surface area (Å²) in [4.78, 5) is 3.83. The molecular formula is C84H72BN3. The van der Waals surface area contributed by atoms with Gasteiger partial charge in [0.15, 0.2) is 0 Å². The Balaban J connectivity index is 1.25. The molecule has 426 valence electrons. The molecule has 0 unspecified atom stereocenters. The molecule has 0 spiro atoms. The van der Waals surface area contributed by atoms with Crippen LogP contribution in [0.4, 0.5) is 34.1 Å². The molecular weight excluding hydrogens is 1060 g/mol. The molecule has 4 heteroatoms. The molecule has 0 amide bonds. The minimum atomic E-state index is -1.54. The van der Waals surface area contributed by atoms with Crippen LogP contribution in [-0.4, -0.2) is 11.3 Å². The van der Waals surface area contributed by atoms with Crippen molar-refractivity contribution in [3.8, 4) is 61.3 Å². The van der Waals surface area contributed by atoms with Gasteiger partial charge in [-0.05, 0) is 149 Å². The second-order valence-corrected chi connectivity index (χ2v) is 25.9. The van der Waals surface area contributed by atoms with Gasteiger partial charge in [0, 0.05) is 61.5 Å². The van der Waals surface area contributed by atoms with Crippen molar-refractivity contribution < 1.29 is 26.0 Å².